The Bertz CT molecular complexity index is 178. The van der Waals surface area contributed by atoms with Crippen LogP contribution in [0.1, 0.15) is 25.7 Å². The lowest BCUT2D eigenvalue weighted by molar-refractivity contribution is -0.142. The molecule has 1 aliphatic heterocycles. The van der Waals surface area contributed by atoms with Gasteiger partial charge in [-0.3, -0.25) is 4.79 Å². The predicted molar refractivity (Wildman–Crippen MR) is 52.8 cm³/mol. The van der Waals surface area contributed by atoms with E-state index in [1.54, 1.807) is 0 Å². The highest BCUT2D eigenvalue weighted by Crippen LogP contribution is 2.20. The number of esters is 1. The van der Waals surface area contributed by atoms with Crippen LogP contribution in [0.25, 0.3) is 0 Å². The molecular formula is C10H19NO3. The van der Waals surface area contributed by atoms with E-state index in [1.807, 2.05) is 0 Å². The summed E-state index contributed by atoms with van der Waals surface area (Å²) in [7, 11) is 1.37. The van der Waals surface area contributed by atoms with Crippen molar-refractivity contribution in [1.29, 1.82) is 0 Å². The number of rotatable bonds is 4. The molecule has 0 bridgehead atoms. The average molecular weight is 201 g/mol. The van der Waals surface area contributed by atoms with Gasteiger partial charge in [-0.15, -0.1) is 0 Å². The maximum absolute atomic E-state index is 11.0. The maximum Gasteiger partial charge on any atom is 0.322 e. The Morgan fingerprint density at radius 1 is 1.57 bits per heavy atom. The van der Waals surface area contributed by atoms with Crippen LogP contribution < -0.4 is 5.73 Å². The summed E-state index contributed by atoms with van der Waals surface area (Å²) in [5, 5.41) is 0. The number of hydrogen-bond acceptors (Lipinski definition) is 4. The van der Waals surface area contributed by atoms with Crippen LogP contribution in [0.15, 0.2) is 0 Å². The second-order valence-electron chi connectivity index (χ2n) is 3.76. The van der Waals surface area contributed by atoms with Gasteiger partial charge in [0.1, 0.15) is 6.04 Å². The number of carbonyl (C=O) groups is 1. The summed E-state index contributed by atoms with van der Waals surface area (Å²) < 4.78 is 9.82. The predicted octanol–water partition coefficient (Wildman–Crippen LogP) is 0.693. The minimum absolute atomic E-state index is 0.308. The minimum Gasteiger partial charge on any atom is -0.468 e. The molecule has 14 heavy (non-hydrogen) atoms. The van der Waals surface area contributed by atoms with E-state index in [4.69, 9.17) is 10.5 Å². The minimum atomic E-state index is -0.456. The Morgan fingerprint density at radius 3 is 2.79 bits per heavy atom. The molecule has 0 saturated carbocycles. The molecule has 1 aliphatic rings. The quantitative estimate of drug-likeness (QED) is 0.680. The van der Waals surface area contributed by atoms with Crippen LogP contribution in [0.3, 0.4) is 0 Å². The van der Waals surface area contributed by atoms with E-state index in [2.05, 4.69) is 4.74 Å². The zero-order valence-corrected chi connectivity index (χ0v) is 8.70. The van der Waals surface area contributed by atoms with Gasteiger partial charge in [0.2, 0.25) is 0 Å². The first kappa shape index (κ1) is 11.5. The molecule has 0 aromatic rings. The van der Waals surface area contributed by atoms with Gasteiger partial charge in [0.05, 0.1) is 7.11 Å². The Kier molecular flexibility index (Phi) is 4.90. The highest BCUT2D eigenvalue weighted by molar-refractivity contribution is 5.75. The fourth-order valence-electron chi connectivity index (χ4n) is 1.72. The van der Waals surface area contributed by atoms with Gasteiger partial charge in [-0.25, -0.2) is 0 Å². The van der Waals surface area contributed by atoms with Crippen LogP contribution in [-0.4, -0.2) is 32.3 Å². The van der Waals surface area contributed by atoms with E-state index >= 15 is 0 Å². The molecule has 0 amide bonds. The molecule has 4 nitrogen and oxygen atoms in total. The zero-order valence-electron chi connectivity index (χ0n) is 8.70. The van der Waals surface area contributed by atoms with Crippen LogP contribution in [0.5, 0.6) is 0 Å². The SMILES string of the molecule is COC(=O)C(N)CCC1CCOCC1. The first-order chi connectivity index (χ1) is 6.74. The second kappa shape index (κ2) is 5.98. The Labute approximate surface area is 84.7 Å². The summed E-state index contributed by atoms with van der Waals surface area (Å²) in [6, 6.07) is -0.456. The average Bonchev–Trinajstić information content (AvgIpc) is 2.26. The van der Waals surface area contributed by atoms with E-state index in [1.165, 1.54) is 7.11 Å². The molecule has 1 heterocycles. The third-order valence-corrected chi connectivity index (χ3v) is 2.73. The van der Waals surface area contributed by atoms with Gasteiger partial charge >= 0.3 is 5.97 Å². The normalized spacial score (nSPS) is 20.4. The molecule has 1 saturated heterocycles. The first-order valence-electron chi connectivity index (χ1n) is 5.15. The number of hydrogen-bond donors (Lipinski definition) is 1. The molecule has 1 rings (SSSR count). The number of nitrogens with two attached hydrogens (primary N) is 1. The number of ether oxygens (including phenoxy) is 2. The molecule has 4 heteroatoms. The summed E-state index contributed by atoms with van der Waals surface area (Å²) in [6.45, 7) is 1.69. The van der Waals surface area contributed by atoms with Crippen molar-refractivity contribution in [1.82, 2.24) is 0 Å². The Balaban J connectivity index is 2.15. The van der Waals surface area contributed by atoms with E-state index in [-0.39, 0.29) is 5.97 Å². The monoisotopic (exact) mass is 201 g/mol. The van der Waals surface area contributed by atoms with E-state index in [9.17, 15) is 4.79 Å². The zero-order chi connectivity index (χ0) is 10.4. The number of methoxy groups -OCH3 is 1. The van der Waals surface area contributed by atoms with Gasteiger partial charge < -0.3 is 15.2 Å². The molecule has 82 valence electrons. The van der Waals surface area contributed by atoms with E-state index in [0.717, 1.165) is 38.9 Å². The molecule has 0 spiro atoms. The fourth-order valence-corrected chi connectivity index (χ4v) is 1.72. The summed E-state index contributed by atoms with van der Waals surface area (Å²) in [5.74, 6) is 0.358. The van der Waals surface area contributed by atoms with Crippen molar-refractivity contribution in [3.05, 3.63) is 0 Å². The highest BCUT2D eigenvalue weighted by Gasteiger charge is 2.18. The Morgan fingerprint density at radius 2 is 2.21 bits per heavy atom. The van der Waals surface area contributed by atoms with Crippen molar-refractivity contribution in [2.45, 2.75) is 31.7 Å². The molecule has 0 aromatic heterocycles. The molecule has 2 N–H and O–H groups in total. The van der Waals surface area contributed by atoms with Gasteiger partial charge in [0.15, 0.2) is 0 Å². The van der Waals surface area contributed by atoms with Gasteiger partial charge in [0, 0.05) is 13.2 Å². The third kappa shape index (κ3) is 3.64. The van der Waals surface area contributed by atoms with Crippen LogP contribution in [0.4, 0.5) is 0 Å². The van der Waals surface area contributed by atoms with E-state index in [0.29, 0.717) is 5.92 Å². The maximum atomic E-state index is 11.0. The molecule has 0 radical (unpaired) electrons. The van der Waals surface area contributed by atoms with Crippen LogP contribution in [-0.2, 0) is 14.3 Å². The fraction of sp³-hybridized carbons (Fsp3) is 0.900. The molecule has 0 aliphatic carbocycles. The topological polar surface area (TPSA) is 61.5 Å². The lowest BCUT2D eigenvalue weighted by Crippen LogP contribution is -2.32. The van der Waals surface area contributed by atoms with E-state index < -0.39 is 6.04 Å². The van der Waals surface area contributed by atoms with Gasteiger partial charge in [-0.2, -0.15) is 0 Å². The van der Waals surface area contributed by atoms with Gasteiger partial charge in [0.25, 0.3) is 0 Å². The molecule has 1 unspecified atom stereocenters. The molecular weight excluding hydrogens is 182 g/mol. The van der Waals surface area contributed by atoms with Crippen molar-refractivity contribution in [3.8, 4) is 0 Å². The van der Waals surface area contributed by atoms with Crippen LogP contribution in [0, 0.1) is 5.92 Å². The standard InChI is InChI=1S/C10H19NO3/c1-13-10(12)9(11)3-2-8-4-6-14-7-5-8/h8-9H,2-7,11H2,1H3. The number of carbonyl (C=O) groups excluding carboxylic acids is 1. The summed E-state index contributed by atoms with van der Waals surface area (Å²) >= 11 is 0. The summed E-state index contributed by atoms with van der Waals surface area (Å²) in [5.41, 5.74) is 5.64. The lowest BCUT2D eigenvalue weighted by Gasteiger charge is -2.22. The molecule has 0 aromatic carbocycles. The summed E-state index contributed by atoms with van der Waals surface area (Å²) in [6.07, 6.45) is 3.90. The highest BCUT2D eigenvalue weighted by atomic mass is 16.5. The van der Waals surface area contributed by atoms with Crippen molar-refractivity contribution in [3.63, 3.8) is 0 Å². The largest absolute Gasteiger partial charge is 0.468 e. The van der Waals surface area contributed by atoms with Crippen molar-refractivity contribution in [2.24, 2.45) is 11.7 Å². The smallest absolute Gasteiger partial charge is 0.322 e. The molecule has 1 atom stereocenters. The third-order valence-electron chi connectivity index (χ3n) is 2.73. The van der Waals surface area contributed by atoms with Crippen LogP contribution >= 0.6 is 0 Å². The van der Waals surface area contributed by atoms with Crippen LogP contribution in [0.2, 0.25) is 0 Å². The lowest BCUT2D eigenvalue weighted by atomic mass is 9.93. The van der Waals surface area contributed by atoms with Crippen molar-refractivity contribution < 1.29 is 14.3 Å². The van der Waals surface area contributed by atoms with Gasteiger partial charge in [-0.1, -0.05) is 0 Å². The van der Waals surface area contributed by atoms with Crippen molar-refractivity contribution in [2.75, 3.05) is 20.3 Å². The molecule has 1 fully saturated rings. The van der Waals surface area contributed by atoms with Crippen molar-refractivity contribution >= 4 is 5.97 Å². The van der Waals surface area contributed by atoms with Gasteiger partial charge in [-0.05, 0) is 31.6 Å². The second-order valence-corrected chi connectivity index (χ2v) is 3.76. The first-order valence-corrected chi connectivity index (χ1v) is 5.15. The Hall–Kier alpha value is -0.610. The summed E-state index contributed by atoms with van der Waals surface area (Å²) in [4.78, 5) is 11.0.